The number of nitrogens with one attached hydrogen (secondary N) is 3. The number of aromatic nitrogens is 1. The molecule has 1 aliphatic carbocycles. The number of anilines is 2. The van der Waals surface area contributed by atoms with Gasteiger partial charge in [-0.05, 0) is 58.1 Å². The van der Waals surface area contributed by atoms with Crippen LogP contribution in [0.4, 0.5) is 10.1 Å². The summed E-state index contributed by atoms with van der Waals surface area (Å²) in [5.41, 5.74) is 8.36. The largest absolute Gasteiger partial charge is 0.375 e. The quantitative estimate of drug-likeness (QED) is 0.404. The van der Waals surface area contributed by atoms with Gasteiger partial charge in [0.05, 0.1) is 6.04 Å². The smallest absolute Gasteiger partial charge is 0.250 e. The van der Waals surface area contributed by atoms with Crippen LogP contribution in [-0.4, -0.2) is 59.3 Å². The predicted molar refractivity (Wildman–Crippen MR) is 142 cm³/mol. The van der Waals surface area contributed by atoms with Gasteiger partial charge in [-0.1, -0.05) is 47.7 Å². The minimum Gasteiger partial charge on any atom is -0.375 e. The van der Waals surface area contributed by atoms with Gasteiger partial charge in [-0.25, -0.2) is 4.98 Å². The molecule has 0 saturated carbocycles. The van der Waals surface area contributed by atoms with Crippen LogP contribution in [0.15, 0.2) is 42.0 Å². The summed E-state index contributed by atoms with van der Waals surface area (Å²) in [5.74, 6) is -0.743. The number of carbonyl (C=O) groups excluding carboxylic acids is 3. The Morgan fingerprint density at radius 3 is 2.64 bits per heavy atom. The van der Waals surface area contributed by atoms with Gasteiger partial charge in [0.25, 0.3) is 0 Å². The van der Waals surface area contributed by atoms with E-state index >= 15 is 0 Å². The molecule has 3 atom stereocenters. The molecule has 5 N–H and O–H groups in total. The van der Waals surface area contributed by atoms with E-state index in [1.54, 1.807) is 18.9 Å². The Morgan fingerprint density at radius 1 is 1.17 bits per heavy atom. The highest BCUT2D eigenvalue weighted by molar-refractivity contribution is 7.20. The monoisotopic (exact) mass is 510 g/mol. The van der Waals surface area contributed by atoms with Crippen LogP contribution in [-0.2, 0) is 14.4 Å². The molecule has 192 valence electrons. The number of amides is 3. The van der Waals surface area contributed by atoms with Crippen molar-refractivity contribution < 1.29 is 14.4 Å². The second kappa shape index (κ2) is 11.7. The molecule has 0 bridgehead atoms. The van der Waals surface area contributed by atoms with E-state index in [9.17, 15) is 14.4 Å². The molecule has 0 unspecified atom stereocenters. The maximum atomic E-state index is 13.8. The number of allylic oxidation sites excluding steroid dienone is 1. The van der Waals surface area contributed by atoms with Crippen molar-refractivity contribution in [2.24, 2.45) is 0 Å². The Kier molecular flexibility index (Phi) is 8.37. The maximum absolute atomic E-state index is 13.8. The average Bonchev–Trinajstić information content (AvgIpc) is 3.54. The number of nitrogens with zero attached hydrogens (tertiary/aromatic N) is 2. The van der Waals surface area contributed by atoms with E-state index in [1.807, 2.05) is 30.3 Å². The first-order valence-corrected chi connectivity index (χ1v) is 13.3. The van der Waals surface area contributed by atoms with Crippen molar-refractivity contribution in [3.63, 3.8) is 0 Å². The van der Waals surface area contributed by atoms with Crippen molar-refractivity contribution in [3.8, 4) is 11.3 Å². The number of likely N-dealkylation sites (N-methyl/N-ethyl adjacent to an activating group) is 1. The Bertz CT molecular complexity index is 1130. The lowest BCUT2D eigenvalue weighted by atomic mass is 9.92. The number of hydrogen-bond donors (Lipinski definition) is 4. The molecule has 4 rings (SSSR count). The summed E-state index contributed by atoms with van der Waals surface area (Å²) in [6.45, 7) is 2.22. The number of carbonyl (C=O) groups is 3. The van der Waals surface area contributed by atoms with Crippen LogP contribution in [0.1, 0.15) is 45.4 Å². The topological polar surface area (TPSA) is 129 Å². The van der Waals surface area contributed by atoms with Crippen LogP contribution in [0.2, 0.25) is 0 Å². The molecule has 2 aromatic rings. The van der Waals surface area contributed by atoms with Gasteiger partial charge in [-0.2, -0.15) is 0 Å². The van der Waals surface area contributed by atoms with Crippen LogP contribution < -0.4 is 21.7 Å². The maximum Gasteiger partial charge on any atom is 0.250 e. The van der Waals surface area contributed by atoms with Crippen molar-refractivity contribution >= 4 is 39.2 Å². The summed E-state index contributed by atoms with van der Waals surface area (Å²) in [7, 11) is 1.71. The van der Waals surface area contributed by atoms with E-state index in [-0.39, 0.29) is 17.7 Å². The van der Waals surface area contributed by atoms with Crippen molar-refractivity contribution in [3.05, 3.63) is 42.0 Å². The molecule has 1 fully saturated rings. The second-order valence-electron chi connectivity index (χ2n) is 9.25. The SMILES string of the molecule is CN[C@@H](C)C(=O)N[C@H](C(=O)N1CCC[C@H]1C(=O)Nc1sc(N)nc1-c1ccccc1)C1=CCCCC1. The number of benzene rings is 1. The molecule has 9 nitrogen and oxygen atoms in total. The van der Waals surface area contributed by atoms with Crippen LogP contribution in [0.3, 0.4) is 0 Å². The fraction of sp³-hybridized carbons (Fsp3) is 0.462. The molecule has 3 amide bonds. The highest BCUT2D eigenvalue weighted by atomic mass is 32.1. The predicted octanol–water partition coefficient (Wildman–Crippen LogP) is 2.91. The fourth-order valence-electron chi connectivity index (χ4n) is 4.71. The van der Waals surface area contributed by atoms with Gasteiger partial charge in [0, 0.05) is 12.1 Å². The molecular formula is C26H34N6O3S. The van der Waals surface area contributed by atoms with E-state index in [2.05, 4.69) is 27.0 Å². The molecule has 1 aromatic carbocycles. The van der Waals surface area contributed by atoms with Gasteiger partial charge >= 0.3 is 0 Å². The second-order valence-corrected chi connectivity index (χ2v) is 10.3. The van der Waals surface area contributed by atoms with Gasteiger partial charge < -0.3 is 26.6 Å². The summed E-state index contributed by atoms with van der Waals surface area (Å²) < 4.78 is 0. The first kappa shape index (κ1) is 25.8. The zero-order valence-electron chi connectivity index (χ0n) is 20.8. The highest BCUT2D eigenvalue weighted by Gasteiger charge is 2.39. The molecule has 2 aliphatic rings. The van der Waals surface area contributed by atoms with E-state index in [0.29, 0.717) is 35.2 Å². The third-order valence-electron chi connectivity index (χ3n) is 6.82. The van der Waals surface area contributed by atoms with Crippen molar-refractivity contribution in [2.75, 3.05) is 24.6 Å². The average molecular weight is 511 g/mol. The van der Waals surface area contributed by atoms with Crippen molar-refractivity contribution in [2.45, 2.75) is 63.6 Å². The van der Waals surface area contributed by atoms with Crippen molar-refractivity contribution in [1.82, 2.24) is 20.5 Å². The number of nitrogens with two attached hydrogens (primary N) is 1. The Balaban J connectivity index is 1.54. The van der Waals surface area contributed by atoms with Crippen LogP contribution in [0, 0.1) is 0 Å². The molecule has 1 saturated heterocycles. The van der Waals surface area contributed by atoms with Crippen LogP contribution >= 0.6 is 11.3 Å². The number of nitrogen functional groups attached to an aromatic ring is 1. The van der Waals surface area contributed by atoms with Crippen molar-refractivity contribution in [1.29, 1.82) is 0 Å². The number of likely N-dealkylation sites (tertiary alicyclic amines) is 1. The zero-order chi connectivity index (χ0) is 25.7. The first-order chi connectivity index (χ1) is 17.4. The fourth-order valence-corrected chi connectivity index (χ4v) is 5.47. The standard InChI is InChI=1S/C26H34N6O3S/c1-16(28-2)22(33)29-21(18-12-7-4-8-13-18)25(35)32-15-9-14-19(32)23(34)31-24-20(30-26(27)36-24)17-10-5-3-6-11-17/h3,5-6,10-12,16,19,21,28H,4,7-9,13-15H2,1-2H3,(H2,27,30)(H,29,33)(H,31,34)/t16-,19-,21-/m0/s1. The lowest BCUT2D eigenvalue weighted by Crippen LogP contribution is -2.55. The van der Waals surface area contributed by atoms with E-state index < -0.39 is 18.1 Å². The molecule has 0 spiro atoms. The first-order valence-electron chi connectivity index (χ1n) is 12.5. The molecular weight excluding hydrogens is 476 g/mol. The van der Waals surface area contributed by atoms with E-state index in [1.165, 1.54) is 11.3 Å². The Labute approximate surface area is 215 Å². The summed E-state index contributed by atoms with van der Waals surface area (Å²) in [5, 5.41) is 9.75. The highest BCUT2D eigenvalue weighted by Crippen LogP contribution is 2.35. The third-order valence-corrected chi connectivity index (χ3v) is 7.62. The Morgan fingerprint density at radius 2 is 1.94 bits per heavy atom. The van der Waals surface area contributed by atoms with E-state index in [4.69, 9.17) is 5.73 Å². The number of hydrogen-bond acceptors (Lipinski definition) is 7. The van der Waals surface area contributed by atoms with E-state index in [0.717, 1.165) is 36.8 Å². The third kappa shape index (κ3) is 5.76. The number of rotatable bonds is 8. The molecule has 10 heteroatoms. The zero-order valence-corrected chi connectivity index (χ0v) is 21.6. The van der Waals surface area contributed by atoms with Gasteiger partial charge in [-0.3, -0.25) is 14.4 Å². The summed E-state index contributed by atoms with van der Waals surface area (Å²) in [6, 6.07) is 7.70. The number of thiazole rings is 1. The van der Waals surface area contributed by atoms with Crippen LogP contribution in [0.25, 0.3) is 11.3 Å². The lowest BCUT2D eigenvalue weighted by molar-refractivity contribution is -0.139. The molecule has 1 aliphatic heterocycles. The van der Waals surface area contributed by atoms with Gasteiger partial charge in [0.15, 0.2) is 5.13 Å². The molecule has 36 heavy (non-hydrogen) atoms. The lowest BCUT2D eigenvalue weighted by Gasteiger charge is -2.31. The van der Waals surface area contributed by atoms with Gasteiger partial charge in [0.1, 0.15) is 22.8 Å². The minimum absolute atomic E-state index is 0.232. The Hall–Kier alpha value is -3.24. The van der Waals surface area contributed by atoms with Gasteiger partial charge in [-0.15, -0.1) is 0 Å². The molecule has 2 heterocycles. The van der Waals surface area contributed by atoms with Crippen LogP contribution in [0.5, 0.6) is 0 Å². The van der Waals surface area contributed by atoms with Gasteiger partial charge in [0.2, 0.25) is 17.7 Å². The summed E-state index contributed by atoms with van der Waals surface area (Å²) in [4.78, 5) is 45.9. The summed E-state index contributed by atoms with van der Waals surface area (Å²) in [6.07, 6.45) is 7.03. The molecule has 1 aromatic heterocycles. The normalized spacial score (nSPS) is 19.3. The molecule has 0 radical (unpaired) electrons. The minimum atomic E-state index is -0.763. The summed E-state index contributed by atoms with van der Waals surface area (Å²) >= 11 is 1.21.